The minimum Gasteiger partial charge on any atom is -0.633 e. The van der Waals surface area contributed by atoms with E-state index in [1.807, 2.05) is 0 Å². The van der Waals surface area contributed by atoms with E-state index in [2.05, 4.69) is 6.92 Å². The lowest BCUT2D eigenvalue weighted by Gasteiger charge is -2.33. The summed E-state index contributed by atoms with van der Waals surface area (Å²) < 4.78 is -0.126. The van der Waals surface area contributed by atoms with E-state index in [0.29, 0.717) is 0 Å². The lowest BCUT2D eigenvalue weighted by atomic mass is 10.0. The summed E-state index contributed by atoms with van der Waals surface area (Å²) in [5.74, 6) is 0. The number of nitrogens with zero attached hydrogens (tertiary/aromatic N) is 1. The topological polar surface area (TPSA) is 23.1 Å². The van der Waals surface area contributed by atoms with Crippen molar-refractivity contribution >= 4 is 0 Å². The molecule has 0 aliphatic rings. The summed E-state index contributed by atoms with van der Waals surface area (Å²) in [5, 5.41) is 11.5. The molecule has 30 heavy (non-hydrogen) atoms. The molecule has 0 amide bonds. The molecule has 0 bridgehead atoms. The van der Waals surface area contributed by atoms with Crippen molar-refractivity contribution in [3.63, 3.8) is 0 Å². The molecule has 0 aliphatic heterocycles. The second-order valence-electron chi connectivity index (χ2n) is 10.4. The summed E-state index contributed by atoms with van der Waals surface area (Å²) in [7, 11) is 3.50. The molecule has 0 aromatic rings. The number of hydrogen-bond donors (Lipinski definition) is 0. The molecule has 0 aromatic heterocycles. The zero-order valence-electron chi connectivity index (χ0n) is 21.5. The average molecular weight is 426 g/mol. The van der Waals surface area contributed by atoms with Gasteiger partial charge in [0, 0.05) is 0 Å². The van der Waals surface area contributed by atoms with Gasteiger partial charge in [-0.3, -0.25) is 0 Å². The van der Waals surface area contributed by atoms with Crippen LogP contribution in [0.4, 0.5) is 0 Å². The Morgan fingerprint density at radius 1 is 0.367 bits per heavy atom. The van der Waals surface area contributed by atoms with Crippen LogP contribution in [-0.4, -0.2) is 25.3 Å². The summed E-state index contributed by atoms with van der Waals surface area (Å²) in [5.41, 5.74) is 0. The molecule has 0 saturated heterocycles. The van der Waals surface area contributed by atoms with Gasteiger partial charge in [-0.2, -0.15) is 0 Å². The van der Waals surface area contributed by atoms with Gasteiger partial charge in [0.05, 0.1) is 20.6 Å². The van der Waals surface area contributed by atoms with E-state index in [1.165, 1.54) is 148 Å². The van der Waals surface area contributed by atoms with Gasteiger partial charge in [0.15, 0.2) is 0 Å². The largest absolute Gasteiger partial charge is 0.633 e. The molecule has 2 heteroatoms. The van der Waals surface area contributed by atoms with E-state index in [9.17, 15) is 5.21 Å². The fourth-order valence-corrected chi connectivity index (χ4v) is 4.45. The van der Waals surface area contributed by atoms with Crippen molar-refractivity contribution < 1.29 is 4.65 Å². The van der Waals surface area contributed by atoms with Crippen LogP contribution >= 0.6 is 0 Å². The van der Waals surface area contributed by atoms with Gasteiger partial charge in [-0.05, 0) is 12.8 Å². The summed E-state index contributed by atoms with van der Waals surface area (Å²) in [6.45, 7) is 3.07. The number of quaternary nitrogens is 1. The zero-order valence-corrected chi connectivity index (χ0v) is 21.5. The van der Waals surface area contributed by atoms with Crippen LogP contribution in [0, 0.1) is 5.21 Å². The van der Waals surface area contributed by atoms with Gasteiger partial charge in [0.25, 0.3) is 0 Å². The third-order valence-corrected chi connectivity index (χ3v) is 6.55. The first kappa shape index (κ1) is 29.9. The molecule has 0 saturated carbocycles. The quantitative estimate of drug-likeness (QED) is 0.0810. The Balaban J connectivity index is 3.02. The Labute approximate surface area is 191 Å². The number of rotatable bonds is 25. The maximum absolute atomic E-state index is 11.5. The second kappa shape index (κ2) is 23.6. The minimum absolute atomic E-state index is 0.126. The van der Waals surface area contributed by atoms with Gasteiger partial charge >= 0.3 is 0 Å². The number of hydrogen-bond acceptors (Lipinski definition) is 1. The van der Waals surface area contributed by atoms with E-state index in [-0.39, 0.29) is 4.65 Å². The van der Waals surface area contributed by atoms with E-state index < -0.39 is 0 Å². The van der Waals surface area contributed by atoms with Crippen LogP contribution in [0.5, 0.6) is 0 Å². The molecule has 0 unspecified atom stereocenters. The SMILES string of the molecule is CCCCCCCCCCCCCCCCCCCCCCCCCC[N+](C)(C)[O-]. The fourth-order valence-electron chi connectivity index (χ4n) is 4.45. The predicted octanol–water partition coefficient (Wildman–Crippen LogP) is 9.94. The van der Waals surface area contributed by atoms with Crippen LogP contribution < -0.4 is 0 Å². The Hall–Kier alpha value is -0.0800. The van der Waals surface area contributed by atoms with E-state index in [0.717, 1.165) is 13.0 Å². The van der Waals surface area contributed by atoms with Crippen molar-refractivity contribution in [1.29, 1.82) is 0 Å². The Kier molecular flexibility index (Phi) is 23.5. The van der Waals surface area contributed by atoms with Crippen molar-refractivity contribution in [1.82, 2.24) is 0 Å². The van der Waals surface area contributed by atoms with Crippen LogP contribution in [-0.2, 0) is 0 Å². The molecule has 0 N–H and O–H groups in total. The fraction of sp³-hybridized carbons (Fsp3) is 1.00. The first-order valence-corrected chi connectivity index (χ1v) is 14.1. The summed E-state index contributed by atoms with van der Waals surface area (Å²) in [4.78, 5) is 0. The van der Waals surface area contributed by atoms with Gasteiger partial charge in [-0.15, -0.1) is 0 Å². The van der Waals surface area contributed by atoms with Crippen LogP contribution in [0.1, 0.15) is 161 Å². The van der Waals surface area contributed by atoms with Crippen LogP contribution in [0.2, 0.25) is 0 Å². The Morgan fingerprint density at radius 2 is 0.567 bits per heavy atom. The van der Waals surface area contributed by atoms with Gasteiger partial charge in [0.1, 0.15) is 0 Å². The number of unbranched alkanes of at least 4 members (excludes halogenated alkanes) is 23. The zero-order chi connectivity index (χ0) is 22.2. The van der Waals surface area contributed by atoms with Crippen LogP contribution in [0.15, 0.2) is 0 Å². The maximum Gasteiger partial charge on any atom is 0.0779 e. The van der Waals surface area contributed by atoms with E-state index >= 15 is 0 Å². The monoisotopic (exact) mass is 425 g/mol. The highest BCUT2D eigenvalue weighted by Gasteiger charge is 2.00. The van der Waals surface area contributed by atoms with Gasteiger partial charge in [-0.25, -0.2) is 0 Å². The molecule has 0 aliphatic carbocycles. The van der Waals surface area contributed by atoms with Crippen molar-refractivity contribution in [3.8, 4) is 0 Å². The molecule has 0 radical (unpaired) electrons. The molecule has 0 heterocycles. The summed E-state index contributed by atoms with van der Waals surface area (Å²) in [6, 6.07) is 0. The lowest BCUT2D eigenvalue weighted by molar-refractivity contribution is -0.840. The predicted molar refractivity (Wildman–Crippen MR) is 137 cm³/mol. The van der Waals surface area contributed by atoms with Crippen molar-refractivity contribution in [2.45, 2.75) is 161 Å². The molecular weight excluding hydrogens is 366 g/mol. The Bertz CT molecular complexity index is 310. The standard InChI is InChI=1S/C28H59NO/c1-4-5-6-7-8-9-10-11-12-13-14-15-16-17-18-19-20-21-22-23-24-25-26-27-28-29(2,3)30/h4-28H2,1-3H3. The molecule has 0 aromatic carbocycles. The molecule has 182 valence electrons. The molecule has 0 atom stereocenters. The average Bonchev–Trinajstić information content (AvgIpc) is 2.70. The van der Waals surface area contributed by atoms with Crippen molar-refractivity contribution in [2.24, 2.45) is 0 Å². The Morgan fingerprint density at radius 3 is 0.767 bits per heavy atom. The lowest BCUT2D eigenvalue weighted by Crippen LogP contribution is -2.32. The smallest absolute Gasteiger partial charge is 0.0779 e. The molecule has 0 rings (SSSR count). The first-order chi connectivity index (χ1) is 14.6. The van der Waals surface area contributed by atoms with Crippen molar-refractivity contribution in [3.05, 3.63) is 5.21 Å². The van der Waals surface area contributed by atoms with E-state index in [1.54, 1.807) is 14.1 Å². The van der Waals surface area contributed by atoms with Gasteiger partial charge in [0.2, 0.25) is 0 Å². The normalized spacial score (nSPS) is 12.0. The highest BCUT2D eigenvalue weighted by molar-refractivity contribution is 4.51. The first-order valence-electron chi connectivity index (χ1n) is 14.1. The van der Waals surface area contributed by atoms with Gasteiger partial charge in [-0.1, -0.05) is 148 Å². The third kappa shape index (κ3) is 27.9. The molecule has 0 spiro atoms. The minimum atomic E-state index is -0.126. The molecule has 0 fully saturated rings. The highest BCUT2D eigenvalue weighted by atomic mass is 16.5. The van der Waals surface area contributed by atoms with Crippen LogP contribution in [0.25, 0.3) is 0 Å². The molecule has 2 nitrogen and oxygen atoms in total. The highest BCUT2D eigenvalue weighted by Crippen LogP contribution is 2.15. The third-order valence-electron chi connectivity index (χ3n) is 6.55. The molecular formula is C28H59NO. The van der Waals surface area contributed by atoms with Crippen molar-refractivity contribution in [2.75, 3.05) is 20.6 Å². The van der Waals surface area contributed by atoms with Gasteiger partial charge < -0.3 is 9.85 Å². The second-order valence-corrected chi connectivity index (χ2v) is 10.4. The summed E-state index contributed by atoms with van der Waals surface area (Å²) in [6.07, 6.45) is 34.1. The number of hydroxylamine groups is 3. The summed E-state index contributed by atoms with van der Waals surface area (Å²) >= 11 is 0. The van der Waals surface area contributed by atoms with Crippen LogP contribution in [0.3, 0.4) is 0 Å². The van der Waals surface area contributed by atoms with E-state index in [4.69, 9.17) is 0 Å². The maximum atomic E-state index is 11.5.